The molecule has 0 bridgehead atoms. The second-order valence-corrected chi connectivity index (χ2v) is 4.71. The summed E-state index contributed by atoms with van der Waals surface area (Å²) in [5, 5.41) is 3.10. The Balaban J connectivity index is 2.70. The molecule has 1 rings (SSSR count). The van der Waals surface area contributed by atoms with Crippen LogP contribution in [0.5, 0.6) is 0 Å². The molecule has 1 aromatic rings. The number of nitrogens with zero attached hydrogens (tertiary/aromatic N) is 1. The highest BCUT2D eigenvalue weighted by molar-refractivity contribution is 5.11. The first-order valence-corrected chi connectivity index (χ1v) is 5.83. The second kappa shape index (κ2) is 6.07. The van der Waals surface area contributed by atoms with Gasteiger partial charge in [0.2, 0.25) is 0 Å². The van der Waals surface area contributed by atoms with Crippen LogP contribution in [0.3, 0.4) is 0 Å². The molecule has 0 aliphatic carbocycles. The highest BCUT2D eigenvalue weighted by Gasteiger charge is 2.21. The Hall–Kier alpha value is -1.00. The van der Waals surface area contributed by atoms with E-state index in [9.17, 15) is 4.39 Å². The van der Waals surface area contributed by atoms with Crippen LogP contribution in [0.25, 0.3) is 0 Å². The zero-order valence-corrected chi connectivity index (χ0v) is 11.0. The highest BCUT2D eigenvalue weighted by atomic mass is 19.1. The van der Waals surface area contributed by atoms with E-state index in [1.807, 2.05) is 20.9 Å². The third kappa shape index (κ3) is 4.06. The maximum Gasteiger partial charge on any atom is 0.146 e. The van der Waals surface area contributed by atoms with Crippen molar-refractivity contribution in [1.82, 2.24) is 10.3 Å². The molecule has 0 spiro atoms. The van der Waals surface area contributed by atoms with E-state index in [0.717, 1.165) is 12.8 Å². The lowest BCUT2D eigenvalue weighted by molar-refractivity contribution is 0.0116. The summed E-state index contributed by atoms with van der Waals surface area (Å²) in [5.41, 5.74) is 0.280. The summed E-state index contributed by atoms with van der Waals surface area (Å²) in [4.78, 5) is 4.10. The quantitative estimate of drug-likeness (QED) is 0.830. The molecule has 96 valence electrons. The summed E-state index contributed by atoms with van der Waals surface area (Å²) in [7, 11) is 3.51. The summed E-state index contributed by atoms with van der Waals surface area (Å²) in [6.45, 7) is 4.04. The average molecular weight is 240 g/mol. The van der Waals surface area contributed by atoms with Gasteiger partial charge in [0.25, 0.3) is 0 Å². The monoisotopic (exact) mass is 240 g/mol. The van der Waals surface area contributed by atoms with E-state index >= 15 is 0 Å². The fraction of sp³-hybridized carbons (Fsp3) is 0.615. The Morgan fingerprint density at radius 2 is 2.24 bits per heavy atom. The maximum atomic E-state index is 13.6. The molecular formula is C13H21FN2O. The molecule has 4 heteroatoms. The van der Waals surface area contributed by atoms with Crippen LogP contribution in [0.2, 0.25) is 0 Å². The van der Waals surface area contributed by atoms with Crippen molar-refractivity contribution in [2.75, 3.05) is 14.2 Å². The SMILES string of the molecule is CNC(CCC(C)(C)OC)c1ncccc1F. The van der Waals surface area contributed by atoms with Crippen LogP contribution in [-0.4, -0.2) is 24.7 Å². The number of nitrogens with one attached hydrogen (secondary N) is 1. The first kappa shape index (κ1) is 14.1. The van der Waals surface area contributed by atoms with Gasteiger partial charge in [0.05, 0.1) is 17.3 Å². The van der Waals surface area contributed by atoms with E-state index in [0.29, 0.717) is 5.69 Å². The van der Waals surface area contributed by atoms with Gasteiger partial charge in [0.1, 0.15) is 5.82 Å². The fourth-order valence-electron chi connectivity index (χ4n) is 1.67. The standard InChI is InChI=1S/C13H21FN2O/c1-13(2,17-4)8-7-11(15-3)12-10(14)6-5-9-16-12/h5-6,9,11,15H,7-8H2,1-4H3. The number of aromatic nitrogens is 1. The second-order valence-electron chi connectivity index (χ2n) is 4.71. The van der Waals surface area contributed by atoms with Crippen molar-refractivity contribution in [1.29, 1.82) is 0 Å². The number of ether oxygens (including phenoxy) is 1. The third-order valence-corrected chi connectivity index (χ3v) is 3.05. The van der Waals surface area contributed by atoms with Crippen molar-refractivity contribution >= 4 is 0 Å². The first-order chi connectivity index (χ1) is 8.00. The molecule has 0 aliphatic heterocycles. The lowest BCUT2D eigenvalue weighted by atomic mass is 9.97. The summed E-state index contributed by atoms with van der Waals surface area (Å²) < 4.78 is 19.0. The fourth-order valence-corrected chi connectivity index (χ4v) is 1.67. The number of rotatable bonds is 6. The molecule has 1 N–H and O–H groups in total. The first-order valence-electron chi connectivity index (χ1n) is 5.83. The molecule has 17 heavy (non-hydrogen) atoms. The summed E-state index contributed by atoms with van der Waals surface area (Å²) in [5.74, 6) is -0.262. The van der Waals surface area contributed by atoms with Gasteiger partial charge in [-0.15, -0.1) is 0 Å². The van der Waals surface area contributed by atoms with Gasteiger partial charge in [0, 0.05) is 13.3 Å². The van der Waals surface area contributed by atoms with Crippen LogP contribution < -0.4 is 5.32 Å². The summed E-state index contributed by atoms with van der Waals surface area (Å²) >= 11 is 0. The van der Waals surface area contributed by atoms with Crippen molar-refractivity contribution in [3.8, 4) is 0 Å². The molecule has 0 saturated carbocycles. The van der Waals surface area contributed by atoms with Crippen LogP contribution in [0, 0.1) is 5.82 Å². The van der Waals surface area contributed by atoms with E-state index in [1.54, 1.807) is 19.4 Å². The van der Waals surface area contributed by atoms with Gasteiger partial charge >= 0.3 is 0 Å². The Kier molecular flexibility index (Phi) is 5.02. The maximum absolute atomic E-state index is 13.6. The zero-order chi connectivity index (χ0) is 12.9. The van der Waals surface area contributed by atoms with Crippen LogP contribution in [-0.2, 0) is 4.74 Å². The molecule has 3 nitrogen and oxygen atoms in total. The zero-order valence-electron chi connectivity index (χ0n) is 11.0. The highest BCUT2D eigenvalue weighted by Crippen LogP contribution is 2.24. The van der Waals surface area contributed by atoms with Gasteiger partial charge in [-0.1, -0.05) is 0 Å². The predicted octanol–water partition coefficient (Wildman–Crippen LogP) is 2.69. The van der Waals surface area contributed by atoms with E-state index in [2.05, 4.69) is 10.3 Å². The molecule has 1 atom stereocenters. The van der Waals surface area contributed by atoms with Gasteiger partial charge in [-0.3, -0.25) is 4.98 Å². The van der Waals surface area contributed by atoms with Crippen LogP contribution in [0.4, 0.5) is 4.39 Å². The normalized spacial score (nSPS) is 13.7. The number of pyridine rings is 1. The van der Waals surface area contributed by atoms with E-state index in [1.165, 1.54) is 6.07 Å². The van der Waals surface area contributed by atoms with Crippen molar-refractivity contribution in [3.05, 3.63) is 29.8 Å². The topological polar surface area (TPSA) is 34.1 Å². The Bertz CT molecular complexity index is 355. The molecule has 0 saturated heterocycles. The van der Waals surface area contributed by atoms with Gasteiger partial charge in [-0.2, -0.15) is 0 Å². The number of methoxy groups -OCH3 is 1. The molecule has 0 aromatic carbocycles. The van der Waals surface area contributed by atoms with Gasteiger partial charge in [-0.25, -0.2) is 4.39 Å². The van der Waals surface area contributed by atoms with Crippen LogP contribution in [0.1, 0.15) is 38.4 Å². The van der Waals surface area contributed by atoms with E-state index in [4.69, 9.17) is 4.74 Å². The summed E-state index contributed by atoms with van der Waals surface area (Å²) in [6, 6.07) is 2.96. The van der Waals surface area contributed by atoms with Crippen LogP contribution in [0.15, 0.2) is 18.3 Å². The third-order valence-electron chi connectivity index (χ3n) is 3.05. The predicted molar refractivity (Wildman–Crippen MR) is 66.3 cm³/mol. The largest absolute Gasteiger partial charge is 0.379 e. The van der Waals surface area contributed by atoms with E-state index in [-0.39, 0.29) is 17.5 Å². The molecule has 0 aliphatic rings. The van der Waals surface area contributed by atoms with Crippen molar-refractivity contribution in [3.63, 3.8) is 0 Å². The summed E-state index contributed by atoms with van der Waals surface area (Å²) in [6.07, 6.45) is 3.24. The number of hydrogen-bond acceptors (Lipinski definition) is 3. The minimum atomic E-state index is -0.262. The van der Waals surface area contributed by atoms with Crippen molar-refractivity contribution < 1.29 is 9.13 Å². The average Bonchev–Trinajstić information content (AvgIpc) is 2.32. The lowest BCUT2D eigenvalue weighted by Gasteiger charge is -2.25. The Morgan fingerprint density at radius 1 is 1.53 bits per heavy atom. The molecule has 1 unspecified atom stereocenters. The minimum absolute atomic E-state index is 0.0781. The molecule has 0 radical (unpaired) electrons. The molecule has 1 aromatic heterocycles. The number of halogens is 1. The van der Waals surface area contributed by atoms with Crippen LogP contribution >= 0.6 is 0 Å². The Labute approximate surface area is 102 Å². The smallest absolute Gasteiger partial charge is 0.146 e. The van der Waals surface area contributed by atoms with E-state index < -0.39 is 0 Å². The molecular weight excluding hydrogens is 219 g/mol. The molecule has 0 fully saturated rings. The van der Waals surface area contributed by atoms with Gasteiger partial charge in [0.15, 0.2) is 0 Å². The molecule has 1 heterocycles. The van der Waals surface area contributed by atoms with Crippen molar-refractivity contribution in [2.45, 2.75) is 38.3 Å². The lowest BCUT2D eigenvalue weighted by Crippen LogP contribution is -2.26. The molecule has 0 amide bonds. The van der Waals surface area contributed by atoms with Gasteiger partial charge < -0.3 is 10.1 Å². The van der Waals surface area contributed by atoms with Gasteiger partial charge in [-0.05, 0) is 45.9 Å². The minimum Gasteiger partial charge on any atom is -0.379 e. The Morgan fingerprint density at radius 3 is 2.76 bits per heavy atom. The number of hydrogen-bond donors (Lipinski definition) is 1. The van der Waals surface area contributed by atoms with Crippen molar-refractivity contribution in [2.24, 2.45) is 0 Å².